The van der Waals surface area contributed by atoms with Crippen LogP contribution in [0.1, 0.15) is 17.5 Å². The van der Waals surface area contributed by atoms with Crippen LogP contribution in [0.25, 0.3) is 11.3 Å². The first kappa shape index (κ1) is 12.7. The first-order chi connectivity index (χ1) is 8.70. The minimum atomic E-state index is -0.405. The molecule has 0 aliphatic rings. The molecule has 0 bridgehead atoms. The van der Waals surface area contributed by atoms with Gasteiger partial charge in [-0.15, -0.1) is 0 Å². The molecule has 1 aromatic carbocycles. The van der Waals surface area contributed by atoms with Crippen molar-refractivity contribution in [1.29, 1.82) is 0 Å². The summed E-state index contributed by atoms with van der Waals surface area (Å²) in [5.74, 6) is 0.402. The molecule has 0 aliphatic heterocycles. The molecule has 4 nitrogen and oxygen atoms in total. The molecular weight excluding hydrogens is 254 g/mol. The number of amides is 1. The molecule has 1 N–H and O–H groups in total. The highest BCUT2D eigenvalue weighted by Crippen LogP contribution is 2.23. The van der Waals surface area contributed by atoms with Crippen molar-refractivity contribution in [2.45, 2.75) is 6.92 Å². The third kappa shape index (κ3) is 2.91. The van der Waals surface area contributed by atoms with Crippen LogP contribution in [0.2, 0.25) is 5.02 Å². The fourth-order valence-corrected chi connectivity index (χ4v) is 1.54. The van der Waals surface area contributed by atoms with Crippen molar-refractivity contribution in [1.82, 2.24) is 5.48 Å². The maximum absolute atomic E-state index is 11.6. The summed E-state index contributed by atoms with van der Waals surface area (Å²) >= 11 is 5.80. The number of rotatable bonds is 4. The molecule has 0 atom stereocenters. The van der Waals surface area contributed by atoms with Crippen LogP contribution in [0.5, 0.6) is 0 Å². The van der Waals surface area contributed by atoms with E-state index in [1.165, 1.54) is 0 Å². The Kier molecular flexibility index (Phi) is 4.02. The van der Waals surface area contributed by atoms with Gasteiger partial charge in [-0.05, 0) is 43.3 Å². The van der Waals surface area contributed by atoms with Crippen molar-refractivity contribution in [2.24, 2.45) is 0 Å². The van der Waals surface area contributed by atoms with E-state index in [2.05, 4.69) is 5.48 Å². The van der Waals surface area contributed by atoms with Crippen LogP contribution in [-0.4, -0.2) is 12.5 Å². The Balaban J connectivity index is 2.15. The molecule has 0 saturated carbocycles. The van der Waals surface area contributed by atoms with Gasteiger partial charge in [0.25, 0.3) is 0 Å². The van der Waals surface area contributed by atoms with Crippen LogP contribution < -0.4 is 5.48 Å². The Morgan fingerprint density at radius 2 is 2.00 bits per heavy atom. The van der Waals surface area contributed by atoms with Gasteiger partial charge in [0.1, 0.15) is 5.76 Å². The zero-order valence-electron chi connectivity index (χ0n) is 9.77. The molecule has 18 heavy (non-hydrogen) atoms. The number of hydroxylamine groups is 1. The Morgan fingerprint density at radius 3 is 2.67 bits per heavy atom. The highest BCUT2D eigenvalue weighted by Gasteiger charge is 2.11. The molecule has 1 aromatic heterocycles. The van der Waals surface area contributed by atoms with Crippen molar-refractivity contribution in [2.75, 3.05) is 6.61 Å². The molecule has 5 heteroatoms. The molecule has 1 heterocycles. The lowest BCUT2D eigenvalue weighted by Crippen LogP contribution is -2.22. The monoisotopic (exact) mass is 265 g/mol. The first-order valence-corrected chi connectivity index (χ1v) is 5.86. The van der Waals surface area contributed by atoms with Gasteiger partial charge < -0.3 is 4.42 Å². The van der Waals surface area contributed by atoms with E-state index in [0.717, 1.165) is 5.56 Å². The zero-order chi connectivity index (χ0) is 13.0. The number of carbonyl (C=O) groups excluding carboxylic acids is 1. The Hall–Kier alpha value is -1.78. The smallest absolute Gasteiger partial charge is 0.310 e. The number of halogens is 1. The van der Waals surface area contributed by atoms with Crippen LogP contribution in [0.15, 0.2) is 40.8 Å². The molecule has 0 saturated heterocycles. The predicted molar refractivity (Wildman–Crippen MR) is 68.2 cm³/mol. The molecule has 0 spiro atoms. The van der Waals surface area contributed by atoms with E-state index in [1.807, 2.05) is 12.1 Å². The third-order valence-corrected chi connectivity index (χ3v) is 2.52. The molecule has 0 radical (unpaired) electrons. The summed E-state index contributed by atoms with van der Waals surface area (Å²) in [6, 6.07) is 10.5. The lowest BCUT2D eigenvalue weighted by molar-refractivity contribution is 0.0341. The first-order valence-electron chi connectivity index (χ1n) is 5.48. The normalized spacial score (nSPS) is 10.3. The molecule has 2 rings (SSSR count). The van der Waals surface area contributed by atoms with Crippen molar-refractivity contribution in [3.8, 4) is 11.3 Å². The van der Waals surface area contributed by atoms with E-state index in [-0.39, 0.29) is 5.76 Å². The largest absolute Gasteiger partial charge is 0.451 e. The lowest BCUT2D eigenvalue weighted by Gasteiger charge is -2.00. The van der Waals surface area contributed by atoms with Gasteiger partial charge in [-0.25, -0.2) is 5.48 Å². The van der Waals surface area contributed by atoms with Crippen LogP contribution >= 0.6 is 11.6 Å². The van der Waals surface area contributed by atoms with Gasteiger partial charge in [0, 0.05) is 10.6 Å². The van der Waals surface area contributed by atoms with Gasteiger partial charge in [0.15, 0.2) is 5.76 Å². The lowest BCUT2D eigenvalue weighted by atomic mass is 10.2. The summed E-state index contributed by atoms with van der Waals surface area (Å²) in [7, 11) is 0. The quantitative estimate of drug-likeness (QED) is 0.863. The maximum Gasteiger partial charge on any atom is 0.310 e. The van der Waals surface area contributed by atoms with Crippen molar-refractivity contribution < 1.29 is 14.0 Å². The van der Waals surface area contributed by atoms with Crippen molar-refractivity contribution in [3.63, 3.8) is 0 Å². The minimum Gasteiger partial charge on any atom is -0.451 e. The highest BCUT2D eigenvalue weighted by atomic mass is 35.5. The van der Waals surface area contributed by atoms with Crippen LogP contribution in [-0.2, 0) is 4.84 Å². The number of hydrogen-bond acceptors (Lipinski definition) is 3. The van der Waals surface area contributed by atoms with Gasteiger partial charge >= 0.3 is 5.91 Å². The van der Waals surface area contributed by atoms with Gasteiger partial charge in [0.05, 0.1) is 6.61 Å². The standard InChI is InChI=1S/C13H12ClNO3/c1-2-17-15-13(16)12-8-7-11(18-12)9-3-5-10(14)6-4-9/h3-8H,2H2,1H3,(H,15,16). The molecule has 0 unspecified atom stereocenters. The third-order valence-electron chi connectivity index (χ3n) is 2.27. The van der Waals surface area contributed by atoms with E-state index in [1.54, 1.807) is 31.2 Å². The highest BCUT2D eigenvalue weighted by molar-refractivity contribution is 6.30. The summed E-state index contributed by atoms with van der Waals surface area (Å²) in [6.07, 6.45) is 0. The van der Waals surface area contributed by atoms with Crippen molar-refractivity contribution >= 4 is 17.5 Å². The molecule has 1 amide bonds. The maximum atomic E-state index is 11.6. The average Bonchev–Trinajstić information content (AvgIpc) is 2.86. The van der Waals surface area contributed by atoms with E-state index < -0.39 is 5.91 Å². The second kappa shape index (κ2) is 5.71. The number of nitrogens with one attached hydrogen (secondary N) is 1. The average molecular weight is 266 g/mol. The molecule has 0 fully saturated rings. The topological polar surface area (TPSA) is 51.5 Å². The van der Waals surface area contributed by atoms with Crippen molar-refractivity contribution in [3.05, 3.63) is 47.2 Å². The fourth-order valence-electron chi connectivity index (χ4n) is 1.42. The van der Waals surface area contributed by atoms with Gasteiger partial charge in [0.2, 0.25) is 0 Å². The zero-order valence-corrected chi connectivity index (χ0v) is 10.5. The van der Waals surface area contributed by atoms with E-state index in [4.69, 9.17) is 20.9 Å². The Morgan fingerprint density at radius 1 is 1.28 bits per heavy atom. The fraction of sp³-hybridized carbons (Fsp3) is 0.154. The van der Waals surface area contributed by atoms with Gasteiger partial charge in [-0.2, -0.15) is 0 Å². The van der Waals surface area contributed by atoms with E-state index in [9.17, 15) is 4.79 Å². The second-order valence-corrected chi connectivity index (χ2v) is 3.97. The molecule has 0 aliphatic carbocycles. The number of hydrogen-bond donors (Lipinski definition) is 1. The van der Waals surface area contributed by atoms with Gasteiger partial charge in [-0.1, -0.05) is 11.6 Å². The van der Waals surface area contributed by atoms with Crippen LogP contribution in [0.4, 0.5) is 0 Å². The number of benzene rings is 1. The van der Waals surface area contributed by atoms with Gasteiger partial charge in [-0.3, -0.25) is 9.63 Å². The van der Waals surface area contributed by atoms with Crippen LogP contribution in [0, 0.1) is 0 Å². The van der Waals surface area contributed by atoms with E-state index in [0.29, 0.717) is 17.4 Å². The molecule has 94 valence electrons. The Bertz CT molecular complexity index is 533. The van der Waals surface area contributed by atoms with E-state index >= 15 is 0 Å². The molecular formula is C13H12ClNO3. The predicted octanol–water partition coefficient (Wildman–Crippen LogP) is 3.28. The number of furan rings is 1. The Labute approximate surface area is 109 Å². The summed E-state index contributed by atoms with van der Waals surface area (Å²) in [4.78, 5) is 16.4. The number of carbonyl (C=O) groups is 1. The summed E-state index contributed by atoms with van der Waals surface area (Å²) in [5, 5.41) is 0.652. The molecule has 2 aromatic rings. The summed E-state index contributed by atoms with van der Waals surface area (Å²) < 4.78 is 5.43. The minimum absolute atomic E-state index is 0.202. The SMILES string of the molecule is CCONC(=O)c1ccc(-c2ccc(Cl)cc2)o1. The summed E-state index contributed by atoms with van der Waals surface area (Å²) in [5.41, 5.74) is 3.13. The van der Waals surface area contributed by atoms with Crippen LogP contribution in [0.3, 0.4) is 0 Å². The summed E-state index contributed by atoms with van der Waals surface area (Å²) in [6.45, 7) is 2.18. The second-order valence-electron chi connectivity index (χ2n) is 3.53.